The summed E-state index contributed by atoms with van der Waals surface area (Å²) in [5, 5.41) is 4.98. The van der Waals surface area contributed by atoms with Crippen LogP contribution in [0.2, 0.25) is 0 Å². The topological polar surface area (TPSA) is 55.1 Å². The van der Waals surface area contributed by atoms with Crippen molar-refractivity contribution in [3.8, 4) is 0 Å². The maximum atomic E-state index is 11.8. The van der Waals surface area contributed by atoms with Crippen LogP contribution in [-0.4, -0.2) is 18.0 Å². The quantitative estimate of drug-likeness (QED) is 0.778. The summed E-state index contributed by atoms with van der Waals surface area (Å²) in [5.74, 6) is 0.414. The zero-order valence-electron chi connectivity index (χ0n) is 11.3. The zero-order chi connectivity index (χ0) is 13.6. The number of nitrogens with two attached hydrogens (primary N) is 1. The lowest BCUT2D eigenvalue weighted by molar-refractivity contribution is -0.118. The Kier molecular flexibility index (Phi) is 5.56. The first-order chi connectivity index (χ1) is 8.45. The highest BCUT2D eigenvalue weighted by molar-refractivity contribution is 7.10. The summed E-state index contributed by atoms with van der Waals surface area (Å²) >= 11 is 1.61. The monoisotopic (exact) mass is 266 g/mol. The molecule has 1 aromatic heterocycles. The van der Waals surface area contributed by atoms with Crippen molar-refractivity contribution in [1.82, 2.24) is 5.32 Å². The van der Waals surface area contributed by atoms with Gasteiger partial charge in [0.25, 0.3) is 0 Å². The average molecular weight is 266 g/mol. The van der Waals surface area contributed by atoms with E-state index in [1.807, 2.05) is 30.5 Å². The van der Waals surface area contributed by atoms with Gasteiger partial charge in [0.2, 0.25) is 5.91 Å². The zero-order valence-corrected chi connectivity index (χ0v) is 12.1. The van der Waals surface area contributed by atoms with Crippen molar-refractivity contribution in [3.05, 3.63) is 28.5 Å². The maximum absolute atomic E-state index is 11.8. The molecule has 0 saturated heterocycles. The second-order valence-electron chi connectivity index (χ2n) is 5.20. The highest BCUT2D eigenvalue weighted by Gasteiger charge is 2.24. The molecule has 4 heteroatoms. The van der Waals surface area contributed by atoms with Gasteiger partial charge in [-0.15, -0.1) is 11.3 Å². The van der Waals surface area contributed by atoms with Crippen molar-refractivity contribution in [3.63, 3.8) is 0 Å². The summed E-state index contributed by atoms with van der Waals surface area (Å²) in [6.45, 7) is 6.69. The van der Waals surface area contributed by atoms with E-state index in [1.165, 1.54) is 0 Å². The van der Waals surface area contributed by atoms with Crippen molar-refractivity contribution in [2.24, 2.45) is 11.7 Å². The van der Waals surface area contributed by atoms with Crippen LogP contribution in [0.15, 0.2) is 23.6 Å². The van der Waals surface area contributed by atoms with E-state index in [4.69, 9.17) is 5.73 Å². The third-order valence-electron chi connectivity index (χ3n) is 2.68. The van der Waals surface area contributed by atoms with Crippen molar-refractivity contribution in [2.45, 2.75) is 32.7 Å². The number of thiophene rings is 1. The van der Waals surface area contributed by atoms with Gasteiger partial charge in [0.05, 0.1) is 0 Å². The van der Waals surface area contributed by atoms with Gasteiger partial charge < -0.3 is 11.1 Å². The standard InChI is InChI=1S/C14H22N2OS/c1-11(2)9-14(3,10-15)16-13(17)7-6-12-5-4-8-18-12/h4-8,11H,9-10,15H2,1-3H3,(H,16,17)/b7-6+. The van der Waals surface area contributed by atoms with Crippen molar-refractivity contribution >= 4 is 23.3 Å². The largest absolute Gasteiger partial charge is 0.346 e. The van der Waals surface area contributed by atoms with Gasteiger partial charge in [-0.25, -0.2) is 0 Å². The molecule has 1 heterocycles. The highest BCUT2D eigenvalue weighted by atomic mass is 32.1. The molecule has 3 N–H and O–H groups in total. The van der Waals surface area contributed by atoms with Crippen LogP contribution in [0.4, 0.5) is 0 Å². The van der Waals surface area contributed by atoms with E-state index in [9.17, 15) is 4.79 Å². The molecule has 1 unspecified atom stereocenters. The SMILES string of the molecule is CC(C)CC(C)(CN)NC(=O)/C=C/c1cccs1. The van der Waals surface area contributed by atoms with Crippen LogP contribution in [0.1, 0.15) is 32.1 Å². The predicted octanol–water partition coefficient (Wildman–Crippen LogP) is 2.64. The minimum Gasteiger partial charge on any atom is -0.346 e. The summed E-state index contributed by atoms with van der Waals surface area (Å²) in [6, 6.07) is 3.94. The molecular formula is C14H22N2OS. The van der Waals surface area contributed by atoms with E-state index in [2.05, 4.69) is 19.2 Å². The minimum absolute atomic E-state index is 0.0861. The summed E-state index contributed by atoms with van der Waals surface area (Å²) in [7, 11) is 0. The lowest BCUT2D eigenvalue weighted by Gasteiger charge is -2.30. The van der Waals surface area contributed by atoms with Crippen LogP contribution in [0.5, 0.6) is 0 Å². The second kappa shape index (κ2) is 6.71. The van der Waals surface area contributed by atoms with Gasteiger partial charge in [0, 0.05) is 23.0 Å². The number of hydrogen-bond acceptors (Lipinski definition) is 3. The molecular weight excluding hydrogens is 244 g/mol. The molecule has 0 fully saturated rings. The highest BCUT2D eigenvalue weighted by Crippen LogP contribution is 2.15. The molecule has 3 nitrogen and oxygen atoms in total. The Hall–Kier alpha value is -1.13. The van der Waals surface area contributed by atoms with Crippen molar-refractivity contribution in [1.29, 1.82) is 0 Å². The molecule has 0 radical (unpaired) electrons. The fourth-order valence-electron chi connectivity index (χ4n) is 1.97. The molecule has 0 saturated carbocycles. The van der Waals surface area contributed by atoms with Gasteiger partial charge in [-0.1, -0.05) is 19.9 Å². The fraction of sp³-hybridized carbons (Fsp3) is 0.500. The fourth-order valence-corrected chi connectivity index (χ4v) is 2.59. The number of amides is 1. The smallest absolute Gasteiger partial charge is 0.244 e. The molecule has 18 heavy (non-hydrogen) atoms. The molecule has 0 bridgehead atoms. The number of rotatable bonds is 6. The van der Waals surface area contributed by atoms with E-state index in [0.29, 0.717) is 12.5 Å². The maximum Gasteiger partial charge on any atom is 0.244 e. The Bertz CT molecular complexity index is 398. The molecule has 0 aliphatic heterocycles. The number of carbonyl (C=O) groups is 1. The molecule has 0 aliphatic carbocycles. The van der Waals surface area contributed by atoms with Crippen molar-refractivity contribution in [2.75, 3.05) is 6.54 Å². The minimum atomic E-state index is -0.328. The lowest BCUT2D eigenvalue weighted by atomic mass is 9.91. The van der Waals surface area contributed by atoms with E-state index in [0.717, 1.165) is 11.3 Å². The Morgan fingerprint density at radius 2 is 2.33 bits per heavy atom. The number of carbonyl (C=O) groups excluding carboxylic acids is 1. The molecule has 0 spiro atoms. The first-order valence-corrected chi connectivity index (χ1v) is 7.07. The van der Waals surface area contributed by atoms with E-state index >= 15 is 0 Å². The molecule has 100 valence electrons. The van der Waals surface area contributed by atoms with Crippen LogP contribution >= 0.6 is 11.3 Å². The van der Waals surface area contributed by atoms with E-state index in [-0.39, 0.29) is 11.4 Å². The number of nitrogens with one attached hydrogen (secondary N) is 1. The molecule has 0 aromatic carbocycles. The first-order valence-electron chi connectivity index (χ1n) is 6.19. The summed E-state index contributed by atoms with van der Waals surface area (Å²) < 4.78 is 0. The second-order valence-corrected chi connectivity index (χ2v) is 6.18. The molecule has 1 atom stereocenters. The van der Waals surface area contributed by atoms with Crippen molar-refractivity contribution < 1.29 is 4.79 Å². The Balaban J connectivity index is 2.57. The predicted molar refractivity (Wildman–Crippen MR) is 78.4 cm³/mol. The molecule has 1 aromatic rings. The molecule has 1 amide bonds. The normalized spacial score (nSPS) is 14.9. The lowest BCUT2D eigenvalue weighted by Crippen LogP contribution is -2.51. The van der Waals surface area contributed by atoms with Crippen LogP contribution in [0.25, 0.3) is 6.08 Å². The molecule has 1 rings (SSSR count). The molecule has 0 aliphatic rings. The summed E-state index contributed by atoms with van der Waals surface area (Å²) in [6.07, 6.45) is 4.27. The Labute approximate surface area is 113 Å². The van der Waals surface area contributed by atoms with Gasteiger partial charge in [0.1, 0.15) is 0 Å². The van der Waals surface area contributed by atoms with Gasteiger partial charge >= 0.3 is 0 Å². The summed E-state index contributed by atoms with van der Waals surface area (Å²) in [4.78, 5) is 12.9. The van der Waals surface area contributed by atoms with Crippen LogP contribution in [0, 0.1) is 5.92 Å². The van der Waals surface area contributed by atoms with E-state index < -0.39 is 0 Å². The van der Waals surface area contributed by atoms with Crippen LogP contribution < -0.4 is 11.1 Å². The average Bonchev–Trinajstić information content (AvgIpc) is 2.78. The third-order valence-corrected chi connectivity index (χ3v) is 3.51. The van der Waals surface area contributed by atoms with E-state index in [1.54, 1.807) is 17.4 Å². The van der Waals surface area contributed by atoms with Gasteiger partial charge in [0.15, 0.2) is 0 Å². The first kappa shape index (κ1) is 14.9. The Morgan fingerprint density at radius 3 is 2.83 bits per heavy atom. The van der Waals surface area contributed by atoms with Gasteiger partial charge in [-0.2, -0.15) is 0 Å². The number of hydrogen-bond donors (Lipinski definition) is 2. The third kappa shape index (κ3) is 5.02. The van der Waals surface area contributed by atoms with Crippen LogP contribution in [0.3, 0.4) is 0 Å². The Morgan fingerprint density at radius 1 is 1.61 bits per heavy atom. The van der Waals surface area contributed by atoms with Gasteiger partial charge in [-0.3, -0.25) is 4.79 Å². The van der Waals surface area contributed by atoms with Gasteiger partial charge in [-0.05, 0) is 36.8 Å². The summed E-state index contributed by atoms with van der Waals surface area (Å²) in [5.41, 5.74) is 5.43. The van der Waals surface area contributed by atoms with Crippen LogP contribution in [-0.2, 0) is 4.79 Å².